The van der Waals surface area contributed by atoms with Gasteiger partial charge in [0.05, 0.1) is 5.41 Å². The van der Waals surface area contributed by atoms with Crippen LogP contribution in [-0.2, 0) is 4.79 Å². The maximum atomic E-state index is 11.9. The molecular weight excluding hydrogens is 162 g/mol. The van der Waals surface area contributed by atoms with Crippen molar-refractivity contribution in [2.24, 2.45) is 10.8 Å². The second-order valence-electron chi connectivity index (χ2n) is 4.97. The molecule has 0 aliphatic carbocycles. The van der Waals surface area contributed by atoms with Crippen molar-refractivity contribution in [2.75, 3.05) is 0 Å². The van der Waals surface area contributed by atoms with Crippen LogP contribution in [0.2, 0.25) is 0 Å². The first-order valence-electron chi connectivity index (χ1n) is 5.19. The van der Waals surface area contributed by atoms with Crippen LogP contribution in [-0.4, -0.2) is 5.91 Å². The maximum absolute atomic E-state index is 11.9. The molecule has 0 aromatic heterocycles. The van der Waals surface area contributed by atoms with Crippen LogP contribution >= 0.6 is 0 Å². The highest BCUT2D eigenvalue weighted by atomic mass is 16.2. The quantitative estimate of drug-likeness (QED) is 0.612. The van der Waals surface area contributed by atoms with Gasteiger partial charge in [-0.2, -0.15) is 0 Å². The van der Waals surface area contributed by atoms with Gasteiger partial charge in [0.25, 0.3) is 0 Å². The van der Waals surface area contributed by atoms with Gasteiger partial charge in [-0.3, -0.25) is 4.79 Å². The number of nitrogens with one attached hydrogen (secondary N) is 1. The van der Waals surface area contributed by atoms with Crippen LogP contribution in [0.3, 0.4) is 0 Å². The van der Waals surface area contributed by atoms with Crippen LogP contribution < -0.4 is 5.32 Å². The third kappa shape index (κ3) is 1.62. The maximum Gasteiger partial charge on any atom is 0.230 e. The van der Waals surface area contributed by atoms with E-state index in [2.05, 4.69) is 11.9 Å². The molecule has 1 fully saturated rings. The summed E-state index contributed by atoms with van der Waals surface area (Å²) in [7, 11) is 0. The molecule has 0 aromatic rings. The Hall–Kier alpha value is -0.790. The lowest BCUT2D eigenvalue weighted by Crippen LogP contribution is -2.49. The second kappa shape index (κ2) is 2.86. The number of hydrogen-bond acceptors (Lipinski definition) is 1. The molecule has 0 aromatic carbocycles. The van der Waals surface area contributed by atoms with Gasteiger partial charge in [-0.05, 0) is 18.2 Å². The highest BCUT2D eigenvalue weighted by Gasteiger charge is 2.45. The SMILES string of the molecule is [2H]C1CC(C)(C(C)(C)C)C(=O)NC1=C. The van der Waals surface area contributed by atoms with Crippen molar-refractivity contribution in [1.29, 1.82) is 0 Å². The molecule has 1 heterocycles. The summed E-state index contributed by atoms with van der Waals surface area (Å²) in [6.45, 7) is 11.7. The van der Waals surface area contributed by atoms with Crippen LogP contribution in [0.25, 0.3) is 0 Å². The van der Waals surface area contributed by atoms with E-state index in [4.69, 9.17) is 1.37 Å². The fourth-order valence-electron chi connectivity index (χ4n) is 1.40. The average molecular weight is 182 g/mol. The fraction of sp³-hybridized carbons (Fsp3) is 0.727. The van der Waals surface area contributed by atoms with Crippen molar-refractivity contribution in [1.82, 2.24) is 5.32 Å². The topological polar surface area (TPSA) is 29.1 Å². The summed E-state index contributed by atoms with van der Waals surface area (Å²) in [6.07, 6.45) is 0.179. The zero-order valence-corrected chi connectivity index (χ0v) is 8.90. The van der Waals surface area contributed by atoms with E-state index in [0.717, 1.165) is 0 Å². The van der Waals surface area contributed by atoms with E-state index in [9.17, 15) is 4.79 Å². The van der Waals surface area contributed by atoms with Crippen molar-refractivity contribution < 1.29 is 6.17 Å². The first kappa shape index (κ1) is 8.79. The van der Waals surface area contributed by atoms with Gasteiger partial charge in [-0.15, -0.1) is 0 Å². The molecule has 0 radical (unpaired) electrons. The minimum atomic E-state index is -0.472. The van der Waals surface area contributed by atoms with Gasteiger partial charge in [0.15, 0.2) is 0 Å². The van der Waals surface area contributed by atoms with Crippen molar-refractivity contribution in [3.8, 4) is 0 Å². The Balaban J connectivity index is 3.01. The second-order valence-corrected chi connectivity index (χ2v) is 4.97. The predicted molar refractivity (Wildman–Crippen MR) is 54.1 cm³/mol. The van der Waals surface area contributed by atoms with Gasteiger partial charge in [-0.1, -0.05) is 34.3 Å². The van der Waals surface area contributed by atoms with E-state index in [0.29, 0.717) is 12.1 Å². The van der Waals surface area contributed by atoms with Gasteiger partial charge in [0.2, 0.25) is 5.91 Å². The van der Waals surface area contributed by atoms with Gasteiger partial charge in [0, 0.05) is 7.07 Å². The van der Waals surface area contributed by atoms with Crippen molar-refractivity contribution in [2.45, 2.75) is 40.5 Å². The van der Waals surface area contributed by atoms with E-state index in [-0.39, 0.29) is 17.7 Å². The fourth-order valence-corrected chi connectivity index (χ4v) is 1.40. The van der Waals surface area contributed by atoms with Gasteiger partial charge in [0.1, 0.15) is 0 Å². The summed E-state index contributed by atoms with van der Waals surface area (Å²) < 4.78 is 7.79. The molecule has 0 bridgehead atoms. The summed E-state index contributed by atoms with van der Waals surface area (Å²) in [5.41, 5.74) is -0.0748. The Labute approximate surface area is 81.8 Å². The lowest BCUT2D eigenvalue weighted by atomic mass is 9.63. The highest BCUT2D eigenvalue weighted by molar-refractivity contribution is 5.85. The number of piperidine rings is 1. The van der Waals surface area contributed by atoms with Crippen molar-refractivity contribution >= 4 is 5.91 Å². The number of hydrogen-bond donors (Lipinski definition) is 1. The van der Waals surface area contributed by atoms with Crippen LogP contribution in [0.1, 0.15) is 41.9 Å². The third-order valence-electron chi connectivity index (χ3n) is 3.19. The molecule has 1 rings (SSSR count). The van der Waals surface area contributed by atoms with Crippen LogP contribution in [0.15, 0.2) is 12.3 Å². The van der Waals surface area contributed by atoms with Gasteiger partial charge in [-0.25, -0.2) is 0 Å². The molecular formula is C11H19NO. The Morgan fingerprint density at radius 2 is 2.15 bits per heavy atom. The minimum Gasteiger partial charge on any atom is -0.330 e. The van der Waals surface area contributed by atoms with Gasteiger partial charge < -0.3 is 5.32 Å². The Morgan fingerprint density at radius 1 is 1.62 bits per heavy atom. The van der Waals surface area contributed by atoms with Crippen molar-refractivity contribution in [3.05, 3.63) is 12.3 Å². The van der Waals surface area contributed by atoms with Crippen molar-refractivity contribution in [3.63, 3.8) is 0 Å². The molecule has 1 amide bonds. The Bertz CT molecular complexity index is 280. The number of rotatable bonds is 0. The molecule has 2 nitrogen and oxygen atoms in total. The summed E-state index contributed by atoms with van der Waals surface area (Å²) >= 11 is 0. The van der Waals surface area contributed by atoms with Crippen LogP contribution in [0, 0.1) is 10.8 Å². The lowest BCUT2D eigenvalue weighted by molar-refractivity contribution is -0.137. The lowest BCUT2D eigenvalue weighted by Gasteiger charge is -2.43. The molecule has 2 unspecified atom stereocenters. The van der Waals surface area contributed by atoms with E-state index in [1.165, 1.54) is 0 Å². The summed E-state index contributed by atoms with van der Waals surface area (Å²) in [6, 6.07) is 0. The monoisotopic (exact) mass is 182 g/mol. The Kier molecular flexibility index (Phi) is 1.94. The Morgan fingerprint density at radius 3 is 2.62 bits per heavy atom. The minimum absolute atomic E-state index is 0.00139. The molecule has 0 saturated carbocycles. The predicted octanol–water partition coefficient (Wildman–Crippen LogP) is 2.46. The largest absolute Gasteiger partial charge is 0.330 e. The average Bonchev–Trinajstić information content (AvgIpc) is 1.99. The van der Waals surface area contributed by atoms with Crippen LogP contribution in [0.5, 0.6) is 0 Å². The highest BCUT2D eigenvalue weighted by Crippen LogP contribution is 2.44. The van der Waals surface area contributed by atoms with E-state index in [1.807, 2.05) is 27.7 Å². The smallest absolute Gasteiger partial charge is 0.230 e. The first-order chi connectivity index (χ1) is 6.18. The molecule has 0 spiro atoms. The summed E-state index contributed by atoms with van der Waals surface area (Å²) in [5.74, 6) is -0.00139. The standard InChI is InChI=1S/C11H19NO/c1-8-6-7-11(5,9(13)12-8)10(2,3)4/h1,6-7H2,2-5H3,(H,12,13)/i6D. The first-order valence-corrected chi connectivity index (χ1v) is 4.61. The molecule has 2 heteroatoms. The normalized spacial score (nSPS) is 36.9. The summed E-state index contributed by atoms with van der Waals surface area (Å²) in [5, 5.41) is 2.71. The summed E-state index contributed by atoms with van der Waals surface area (Å²) in [4.78, 5) is 11.9. The van der Waals surface area contributed by atoms with E-state index < -0.39 is 5.41 Å². The molecule has 74 valence electrons. The molecule has 1 saturated heterocycles. The molecule has 2 atom stereocenters. The molecule has 1 aliphatic heterocycles. The molecule has 1 N–H and O–H groups in total. The molecule has 1 aliphatic rings. The van der Waals surface area contributed by atoms with Gasteiger partial charge >= 0.3 is 0 Å². The zero-order chi connectivity index (χ0) is 11.1. The van der Waals surface area contributed by atoms with Crippen LogP contribution in [0.4, 0.5) is 0 Å². The van der Waals surface area contributed by atoms with E-state index in [1.54, 1.807) is 0 Å². The van der Waals surface area contributed by atoms with E-state index >= 15 is 0 Å². The number of amides is 1. The number of carbonyl (C=O) groups excluding carboxylic acids is 1. The zero-order valence-electron chi connectivity index (χ0n) is 9.90. The molecule has 13 heavy (non-hydrogen) atoms. The number of carbonyl (C=O) groups is 1. The number of allylic oxidation sites excluding steroid dienone is 1. The third-order valence-corrected chi connectivity index (χ3v) is 3.19.